The molecule has 88 valence electrons. The van der Waals surface area contributed by atoms with Gasteiger partial charge in [0.1, 0.15) is 0 Å². The summed E-state index contributed by atoms with van der Waals surface area (Å²) in [6.45, 7) is 0. The second kappa shape index (κ2) is 4.75. The van der Waals surface area contributed by atoms with Crippen LogP contribution in [-0.2, 0) is 0 Å². The molecule has 0 bridgehead atoms. The number of hydrogen-bond acceptors (Lipinski definition) is 2. The average Bonchev–Trinajstić information content (AvgIpc) is 3.08. The number of nitrogens with zero attached hydrogens (tertiary/aromatic N) is 1. The third kappa shape index (κ3) is 2.11. The minimum absolute atomic E-state index is 0.845. The highest BCUT2D eigenvalue weighted by Crippen LogP contribution is 2.10. The number of aromatic amines is 1. The van der Waals surface area contributed by atoms with Gasteiger partial charge in [0.2, 0.25) is 0 Å². The van der Waals surface area contributed by atoms with Gasteiger partial charge in [-0.2, -0.15) is 0 Å². The molecule has 0 amide bonds. The lowest BCUT2D eigenvalue weighted by Crippen LogP contribution is -1.61. The molecule has 1 N–H and O–H groups in total. The fourth-order valence-electron chi connectivity index (χ4n) is 1.81. The first-order chi connectivity index (χ1) is 8.93. The minimum Gasteiger partial charge on any atom is -0.361 e. The molecule has 18 heavy (non-hydrogen) atoms. The summed E-state index contributed by atoms with van der Waals surface area (Å²) in [5.41, 5.74) is 2.05. The molecule has 0 spiro atoms. The molecule has 0 aliphatic heterocycles. The summed E-state index contributed by atoms with van der Waals surface area (Å²) >= 11 is 0. The van der Waals surface area contributed by atoms with Crippen LogP contribution in [-0.4, -0.2) is 10.1 Å². The van der Waals surface area contributed by atoms with Crippen LogP contribution >= 0.6 is 0 Å². The van der Waals surface area contributed by atoms with Gasteiger partial charge in [0.25, 0.3) is 0 Å². The van der Waals surface area contributed by atoms with E-state index in [1.807, 2.05) is 42.6 Å². The number of para-hydroxylation sites is 2. The lowest BCUT2D eigenvalue weighted by Gasteiger charge is -1.83. The first kappa shape index (κ1) is 10.6. The van der Waals surface area contributed by atoms with Crippen molar-refractivity contribution < 1.29 is 4.52 Å². The number of hydrogen-bond donors (Lipinski definition) is 1. The Morgan fingerprint density at radius 2 is 1.61 bits per heavy atom. The Balaban J connectivity index is 0.000000111. The van der Waals surface area contributed by atoms with E-state index < -0.39 is 0 Å². The Kier molecular flexibility index (Phi) is 2.80. The minimum atomic E-state index is 0.845. The quantitative estimate of drug-likeness (QED) is 0.501. The van der Waals surface area contributed by atoms with Crippen LogP contribution in [0.2, 0.25) is 0 Å². The largest absolute Gasteiger partial charge is 0.361 e. The molecule has 3 heteroatoms. The van der Waals surface area contributed by atoms with Crippen molar-refractivity contribution in [3.63, 3.8) is 0 Å². The normalized spacial score (nSPS) is 10.2. The van der Waals surface area contributed by atoms with E-state index >= 15 is 0 Å². The van der Waals surface area contributed by atoms with Crippen molar-refractivity contribution in [1.82, 2.24) is 10.1 Å². The topological polar surface area (TPSA) is 41.8 Å². The molecule has 2 aromatic heterocycles. The summed E-state index contributed by atoms with van der Waals surface area (Å²) < 4.78 is 4.87. The number of H-pyrrole nitrogens is 1. The highest BCUT2D eigenvalue weighted by atomic mass is 16.5. The van der Waals surface area contributed by atoms with E-state index in [0.717, 1.165) is 11.0 Å². The smallest absolute Gasteiger partial charge is 0.166 e. The molecule has 0 saturated carbocycles. The van der Waals surface area contributed by atoms with Gasteiger partial charge in [-0.1, -0.05) is 35.5 Å². The first-order valence-electron chi connectivity index (χ1n) is 5.75. The van der Waals surface area contributed by atoms with Crippen molar-refractivity contribution in [2.24, 2.45) is 0 Å². The van der Waals surface area contributed by atoms with Crippen molar-refractivity contribution in [3.8, 4) is 0 Å². The summed E-state index contributed by atoms with van der Waals surface area (Å²) in [6.07, 6.45) is 3.65. The van der Waals surface area contributed by atoms with Gasteiger partial charge in [-0.3, -0.25) is 0 Å². The Labute approximate surface area is 104 Å². The molecule has 0 atom stereocenters. The van der Waals surface area contributed by atoms with Crippen molar-refractivity contribution in [2.45, 2.75) is 0 Å². The summed E-state index contributed by atoms with van der Waals surface area (Å²) in [5.74, 6) is 0. The van der Waals surface area contributed by atoms with E-state index in [-0.39, 0.29) is 0 Å². The van der Waals surface area contributed by atoms with Crippen molar-refractivity contribution in [2.75, 3.05) is 0 Å². The molecule has 2 aromatic carbocycles. The number of benzene rings is 2. The van der Waals surface area contributed by atoms with E-state index in [0.29, 0.717) is 0 Å². The van der Waals surface area contributed by atoms with Gasteiger partial charge in [0.05, 0.1) is 6.20 Å². The molecule has 0 aliphatic carbocycles. The highest BCUT2D eigenvalue weighted by molar-refractivity contribution is 5.78. The molecular weight excluding hydrogens is 224 g/mol. The molecule has 0 radical (unpaired) electrons. The zero-order chi connectivity index (χ0) is 12.2. The molecule has 4 rings (SSSR count). The molecule has 0 fully saturated rings. The Morgan fingerprint density at radius 3 is 2.44 bits per heavy atom. The zero-order valence-electron chi connectivity index (χ0n) is 9.71. The molecule has 0 aliphatic rings. The standard InChI is InChI=1S/C8H7N.C7H5NO/c1-2-4-8-7(3-1)5-6-9-8;1-2-4-7-6(3-1)5-8-9-7/h1-6,9H;1-5H. The fourth-order valence-corrected chi connectivity index (χ4v) is 1.81. The number of nitrogens with one attached hydrogen (secondary N) is 1. The summed E-state index contributed by atoms with van der Waals surface area (Å²) in [4.78, 5) is 3.12. The second-order valence-electron chi connectivity index (χ2n) is 3.93. The number of rotatable bonds is 0. The van der Waals surface area contributed by atoms with E-state index in [1.165, 1.54) is 10.9 Å². The molecule has 0 saturated heterocycles. The number of fused-ring (bicyclic) bond motifs is 2. The fraction of sp³-hybridized carbons (Fsp3) is 0. The predicted octanol–water partition coefficient (Wildman–Crippen LogP) is 4.00. The average molecular weight is 236 g/mol. The molecule has 4 aromatic rings. The molecule has 3 nitrogen and oxygen atoms in total. The van der Waals surface area contributed by atoms with Crippen LogP contribution in [0.5, 0.6) is 0 Å². The van der Waals surface area contributed by atoms with Crippen molar-refractivity contribution >= 4 is 21.9 Å². The van der Waals surface area contributed by atoms with Gasteiger partial charge >= 0.3 is 0 Å². The summed E-state index contributed by atoms with van der Waals surface area (Å²) in [7, 11) is 0. The van der Waals surface area contributed by atoms with Gasteiger partial charge in [0.15, 0.2) is 5.58 Å². The lowest BCUT2D eigenvalue weighted by atomic mass is 10.3. The van der Waals surface area contributed by atoms with Gasteiger partial charge < -0.3 is 9.51 Å². The summed E-state index contributed by atoms with van der Waals surface area (Å²) in [6, 6.07) is 18.0. The Bertz CT molecular complexity index is 628. The van der Waals surface area contributed by atoms with E-state index in [9.17, 15) is 0 Å². The Hall–Kier alpha value is -2.55. The van der Waals surface area contributed by atoms with Crippen LogP contribution in [0, 0.1) is 0 Å². The molecule has 0 unspecified atom stereocenters. The maximum absolute atomic E-state index is 4.87. The molecular formula is C15H12N2O. The van der Waals surface area contributed by atoms with Gasteiger partial charge in [0, 0.05) is 17.1 Å². The van der Waals surface area contributed by atoms with Crippen LogP contribution in [0.1, 0.15) is 0 Å². The first-order valence-corrected chi connectivity index (χ1v) is 5.75. The SMILES string of the molecule is c1ccc2[nH]ccc2c1.c1ccc2oncc2c1. The maximum atomic E-state index is 4.87. The zero-order valence-corrected chi connectivity index (χ0v) is 9.71. The monoisotopic (exact) mass is 236 g/mol. The van der Waals surface area contributed by atoms with Crippen molar-refractivity contribution in [3.05, 3.63) is 67.0 Å². The summed E-state index contributed by atoms with van der Waals surface area (Å²) in [5, 5.41) is 5.96. The van der Waals surface area contributed by atoms with Crippen LogP contribution in [0.15, 0.2) is 71.5 Å². The van der Waals surface area contributed by atoms with Crippen molar-refractivity contribution in [1.29, 1.82) is 0 Å². The molecule has 2 heterocycles. The lowest BCUT2D eigenvalue weighted by molar-refractivity contribution is 0.456. The van der Waals surface area contributed by atoms with E-state index in [2.05, 4.69) is 28.3 Å². The van der Waals surface area contributed by atoms with Gasteiger partial charge in [-0.05, 0) is 29.7 Å². The maximum Gasteiger partial charge on any atom is 0.166 e. The van der Waals surface area contributed by atoms with Crippen LogP contribution in [0.4, 0.5) is 0 Å². The Morgan fingerprint density at radius 1 is 0.833 bits per heavy atom. The third-order valence-electron chi connectivity index (χ3n) is 2.72. The van der Waals surface area contributed by atoms with Crippen LogP contribution < -0.4 is 0 Å². The van der Waals surface area contributed by atoms with Gasteiger partial charge in [-0.15, -0.1) is 0 Å². The van der Waals surface area contributed by atoms with Crippen LogP contribution in [0.3, 0.4) is 0 Å². The van der Waals surface area contributed by atoms with E-state index in [4.69, 9.17) is 4.52 Å². The van der Waals surface area contributed by atoms with Gasteiger partial charge in [-0.25, -0.2) is 0 Å². The predicted molar refractivity (Wildman–Crippen MR) is 72.3 cm³/mol. The second-order valence-corrected chi connectivity index (χ2v) is 3.93. The van der Waals surface area contributed by atoms with E-state index in [1.54, 1.807) is 6.20 Å². The third-order valence-corrected chi connectivity index (χ3v) is 2.72. The number of aromatic nitrogens is 2. The van der Waals surface area contributed by atoms with Crippen LogP contribution in [0.25, 0.3) is 21.9 Å². The highest BCUT2D eigenvalue weighted by Gasteiger charge is 1.91.